The van der Waals surface area contributed by atoms with Gasteiger partial charge in [0.15, 0.2) is 0 Å². The molecule has 0 amide bonds. The SMILES string of the molecule is CN(S)C(=N)n1cc(C2CC2)c(OCC2(C(F)(F)F)CCCC2)cc1=N. The molecule has 2 N–H and O–H groups in total. The van der Waals surface area contributed by atoms with Crippen molar-refractivity contribution in [3.8, 4) is 5.75 Å². The Labute approximate surface area is 155 Å². The van der Waals surface area contributed by atoms with Gasteiger partial charge in [-0.2, -0.15) is 13.2 Å². The molecule has 0 saturated heterocycles. The molecule has 1 aromatic heterocycles. The molecule has 2 aliphatic rings. The van der Waals surface area contributed by atoms with Crippen molar-refractivity contribution in [3.05, 3.63) is 23.3 Å². The van der Waals surface area contributed by atoms with E-state index in [0.717, 1.165) is 18.4 Å². The second-order valence-corrected chi connectivity index (χ2v) is 7.84. The summed E-state index contributed by atoms with van der Waals surface area (Å²) in [7, 11) is 1.58. The fourth-order valence-electron chi connectivity index (χ4n) is 3.48. The monoisotopic (exact) mass is 388 g/mol. The Balaban J connectivity index is 1.89. The number of nitrogens with one attached hydrogen (secondary N) is 2. The van der Waals surface area contributed by atoms with Gasteiger partial charge in [-0.25, -0.2) is 0 Å². The minimum atomic E-state index is -4.29. The molecule has 2 fully saturated rings. The predicted octanol–water partition coefficient (Wildman–Crippen LogP) is 3.91. The fraction of sp³-hybridized carbons (Fsp3) is 0.647. The lowest BCUT2D eigenvalue weighted by Gasteiger charge is -2.31. The summed E-state index contributed by atoms with van der Waals surface area (Å²) in [5.41, 5.74) is -1.06. The third kappa shape index (κ3) is 3.58. The summed E-state index contributed by atoms with van der Waals surface area (Å²) in [6, 6.07) is 1.42. The molecule has 0 atom stereocenters. The van der Waals surface area contributed by atoms with Crippen molar-refractivity contribution in [2.75, 3.05) is 13.7 Å². The quantitative estimate of drug-likeness (QED) is 0.416. The Kier molecular flexibility index (Phi) is 5.02. The Hall–Kier alpha value is -1.64. The van der Waals surface area contributed by atoms with Gasteiger partial charge < -0.3 is 4.74 Å². The first-order valence-corrected chi connectivity index (χ1v) is 9.07. The van der Waals surface area contributed by atoms with Gasteiger partial charge in [0.25, 0.3) is 0 Å². The maximum atomic E-state index is 13.6. The molecule has 1 aromatic rings. The summed E-state index contributed by atoms with van der Waals surface area (Å²) in [5, 5.41) is 16.1. The molecule has 1 heterocycles. The van der Waals surface area contributed by atoms with Gasteiger partial charge in [0, 0.05) is 24.9 Å². The Bertz CT molecular complexity index is 749. The zero-order chi connectivity index (χ0) is 19.1. The first-order valence-electron chi connectivity index (χ1n) is 8.67. The first kappa shape index (κ1) is 19.1. The molecule has 0 aromatic carbocycles. The average Bonchev–Trinajstić information content (AvgIpc) is 3.28. The van der Waals surface area contributed by atoms with E-state index in [9.17, 15) is 13.2 Å². The number of pyridine rings is 1. The third-order valence-electron chi connectivity index (χ3n) is 5.30. The number of alkyl halides is 3. The van der Waals surface area contributed by atoms with E-state index in [1.54, 1.807) is 13.2 Å². The van der Waals surface area contributed by atoms with Crippen molar-refractivity contribution in [1.82, 2.24) is 8.87 Å². The lowest BCUT2D eigenvalue weighted by molar-refractivity contribution is -0.230. The molecule has 2 saturated carbocycles. The van der Waals surface area contributed by atoms with Crippen molar-refractivity contribution in [2.24, 2.45) is 5.41 Å². The van der Waals surface area contributed by atoms with Gasteiger partial charge in [-0.1, -0.05) is 25.7 Å². The molecule has 9 heteroatoms. The molecule has 2 aliphatic carbocycles. The van der Waals surface area contributed by atoms with Crippen molar-refractivity contribution >= 4 is 18.8 Å². The van der Waals surface area contributed by atoms with Crippen LogP contribution in [0.25, 0.3) is 0 Å². The van der Waals surface area contributed by atoms with Crippen LogP contribution in [0.4, 0.5) is 13.2 Å². The van der Waals surface area contributed by atoms with Crippen LogP contribution in [0.5, 0.6) is 5.75 Å². The predicted molar refractivity (Wildman–Crippen MR) is 94.6 cm³/mol. The highest BCUT2D eigenvalue weighted by atomic mass is 32.1. The van der Waals surface area contributed by atoms with Crippen LogP contribution < -0.4 is 10.2 Å². The second-order valence-electron chi connectivity index (χ2n) is 7.24. The molecule has 0 unspecified atom stereocenters. The number of aromatic nitrogens is 1. The highest BCUT2D eigenvalue weighted by Crippen LogP contribution is 2.51. The summed E-state index contributed by atoms with van der Waals surface area (Å²) < 4.78 is 49.0. The molecule has 0 bridgehead atoms. The second kappa shape index (κ2) is 6.83. The van der Waals surface area contributed by atoms with Gasteiger partial charge in [-0.05, 0) is 31.6 Å². The van der Waals surface area contributed by atoms with Gasteiger partial charge in [-0.3, -0.25) is 19.7 Å². The summed E-state index contributed by atoms with van der Waals surface area (Å²) in [6.45, 7) is -0.413. The van der Waals surface area contributed by atoms with Gasteiger partial charge >= 0.3 is 6.18 Å². The number of hydrogen-bond donors (Lipinski definition) is 3. The number of ether oxygens (including phenoxy) is 1. The Morgan fingerprint density at radius 2 is 2.00 bits per heavy atom. The van der Waals surface area contributed by atoms with Crippen LogP contribution >= 0.6 is 12.8 Å². The van der Waals surface area contributed by atoms with E-state index >= 15 is 0 Å². The summed E-state index contributed by atoms with van der Waals surface area (Å²) in [4.78, 5) is 0. The standard InChI is InChI=1S/C17H23F3N4OS/c1-23(26)15(22)24-9-12(11-4-5-11)13(8-14(24)21)25-10-16(17(18,19)20)6-2-3-7-16/h8-9,11,21-22,26H,2-7,10H2,1H3. The molecule has 3 rings (SSSR count). The molecule has 5 nitrogen and oxygen atoms in total. The van der Waals surface area contributed by atoms with Crippen molar-refractivity contribution in [2.45, 2.75) is 50.6 Å². The Morgan fingerprint density at radius 3 is 2.50 bits per heavy atom. The highest BCUT2D eigenvalue weighted by Gasteiger charge is 2.56. The number of rotatable bonds is 4. The van der Waals surface area contributed by atoms with E-state index in [1.165, 1.54) is 14.9 Å². The topological polar surface area (TPSA) is 65.1 Å². The smallest absolute Gasteiger partial charge is 0.397 e. The molecule has 144 valence electrons. The number of hydrogen-bond acceptors (Lipinski definition) is 4. The normalized spacial score (nSPS) is 19.4. The Morgan fingerprint density at radius 1 is 1.38 bits per heavy atom. The van der Waals surface area contributed by atoms with Crippen LogP contribution in [0.3, 0.4) is 0 Å². The van der Waals surface area contributed by atoms with E-state index in [1.807, 2.05) is 0 Å². The van der Waals surface area contributed by atoms with E-state index in [-0.39, 0.29) is 30.2 Å². The van der Waals surface area contributed by atoms with Gasteiger partial charge in [-0.15, -0.1) is 0 Å². The fourth-order valence-corrected chi connectivity index (χ4v) is 3.58. The van der Waals surface area contributed by atoms with Gasteiger partial charge in [0.1, 0.15) is 17.8 Å². The van der Waals surface area contributed by atoms with Crippen molar-refractivity contribution in [3.63, 3.8) is 0 Å². The van der Waals surface area contributed by atoms with Crippen LogP contribution in [0.2, 0.25) is 0 Å². The zero-order valence-electron chi connectivity index (χ0n) is 14.6. The first-order chi connectivity index (χ1) is 12.1. The van der Waals surface area contributed by atoms with Crippen LogP contribution in [0.1, 0.15) is 50.0 Å². The van der Waals surface area contributed by atoms with Crippen molar-refractivity contribution < 1.29 is 17.9 Å². The summed E-state index contributed by atoms with van der Waals surface area (Å²) in [5.74, 6) is 0.536. The molecular weight excluding hydrogens is 365 g/mol. The molecule has 26 heavy (non-hydrogen) atoms. The molecule has 0 spiro atoms. The summed E-state index contributed by atoms with van der Waals surface area (Å²) in [6.07, 6.45) is 0.489. The highest BCUT2D eigenvalue weighted by molar-refractivity contribution is 7.78. The van der Waals surface area contributed by atoms with Crippen LogP contribution in [0, 0.1) is 16.2 Å². The lowest BCUT2D eigenvalue weighted by Crippen LogP contribution is -2.41. The van der Waals surface area contributed by atoms with Crippen molar-refractivity contribution in [1.29, 1.82) is 10.8 Å². The maximum Gasteiger partial charge on any atom is 0.397 e. The molecule has 0 aliphatic heterocycles. The van der Waals surface area contributed by atoms with E-state index in [0.29, 0.717) is 18.6 Å². The minimum Gasteiger partial charge on any atom is -0.492 e. The van der Waals surface area contributed by atoms with E-state index in [4.69, 9.17) is 15.6 Å². The van der Waals surface area contributed by atoms with Gasteiger partial charge in [0.05, 0.1) is 5.41 Å². The lowest BCUT2D eigenvalue weighted by atomic mass is 9.86. The van der Waals surface area contributed by atoms with E-state index < -0.39 is 18.2 Å². The largest absolute Gasteiger partial charge is 0.492 e. The van der Waals surface area contributed by atoms with Crippen LogP contribution in [0.15, 0.2) is 12.3 Å². The number of nitrogens with zero attached hydrogens (tertiary/aromatic N) is 2. The number of halogens is 3. The van der Waals surface area contributed by atoms with Crippen LogP contribution in [-0.4, -0.2) is 34.7 Å². The number of thiol groups is 1. The van der Waals surface area contributed by atoms with E-state index in [2.05, 4.69) is 12.8 Å². The maximum absolute atomic E-state index is 13.6. The third-order valence-corrected chi connectivity index (χ3v) is 5.49. The molecular formula is C17H23F3N4OS. The van der Waals surface area contributed by atoms with Gasteiger partial charge in [0.2, 0.25) is 5.96 Å². The molecule has 0 radical (unpaired) electrons. The zero-order valence-corrected chi connectivity index (χ0v) is 15.5. The summed E-state index contributed by atoms with van der Waals surface area (Å²) >= 11 is 4.07. The average molecular weight is 388 g/mol. The minimum absolute atomic E-state index is 0.00524. The van der Waals surface area contributed by atoms with Crippen LogP contribution in [-0.2, 0) is 0 Å².